The summed E-state index contributed by atoms with van der Waals surface area (Å²) in [5.74, 6) is -2.87. The van der Waals surface area contributed by atoms with E-state index in [0.717, 1.165) is 0 Å². The lowest BCUT2D eigenvalue weighted by atomic mass is 10.1. The molecule has 1 aliphatic rings. The van der Waals surface area contributed by atoms with Crippen molar-refractivity contribution in [2.75, 3.05) is 32.7 Å². The van der Waals surface area contributed by atoms with Crippen molar-refractivity contribution in [1.29, 1.82) is 0 Å². The standard InChI is InChI=1S/C14H24F2N2O3/c1-13(2,3)21-12(20)18-8-6-17(7-9-18)11-14(15,16)5-4-10-19/h10H,4-9,11H2,1-3H3. The van der Waals surface area contributed by atoms with Gasteiger partial charge in [0.15, 0.2) is 0 Å². The Morgan fingerprint density at radius 1 is 1.19 bits per heavy atom. The van der Waals surface area contributed by atoms with Gasteiger partial charge < -0.3 is 14.4 Å². The van der Waals surface area contributed by atoms with Gasteiger partial charge in [-0.05, 0) is 20.8 Å². The first-order valence-electron chi connectivity index (χ1n) is 7.15. The van der Waals surface area contributed by atoms with Crippen molar-refractivity contribution >= 4 is 12.4 Å². The fourth-order valence-electron chi connectivity index (χ4n) is 2.09. The largest absolute Gasteiger partial charge is 0.444 e. The molecule has 1 amide bonds. The normalized spacial score (nSPS) is 17.7. The van der Waals surface area contributed by atoms with Crippen molar-refractivity contribution in [2.45, 2.75) is 45.1 Å². The summed E-state index contributed by atoms with van der Waals surface area (Å²) in [7, 11) is 0. The number of alkyl halides is 2. The molecule has 0 atom stereocenters. The molecule has 0 aromatic heterocycles. The zero-order valence-corrected chi connectivity index (χ0v) is 12.9. The second kappa shape index (κ2) is 7.15. The van der Waals surface area contributed by atoms with Crippen LogP contribution in [0.15, 0.2) is 0 Å². The summed E-state index contributed by atoms with van der Waals surface area (Å²) in [6.45, 7) is 6.50. The van der Waals surface area contributed by atoms with E-state index in [2.05, 4.69) is 0 Å². The van der Waals surface area contributed by atoms with Crippen LogP contribution in [0.3, 0.4) is 0 Å². The van der Waals surface area contributed by atoms with E-state index in [1.165, 1.54) is 4.90 Å². The first kappa shape index (κ1) is 17.8. The molecule has 0 bridgehead atoms. The molecule has 1 fully saturated rings. The van der Waals surface area contributed by atoms with Gasteiger partial charge in [-0.1, -0.05) is 0 Å². The zero-order valence-electron chi connectivity index (χ0n) is 12.9. The highest BCUT2D eigenvalue weighted by Gasteiger charge is 2.33. The second-order valence-electron chi connectivity index (χ2n) is 6.30. The summed E-state index contributed by atoms with van der Waals surface area (Å²) in [4.78, 5) is 25.2. The number of piperazine rings is 1. The van der Waals surface area contributed by atoms with Crippen LogP contribution < -0.4 is 0 Å². The van der Waals surface area contributed by atoms with Gasteiger partial charge >= 0.3 is 6.09 Å². The number of carbonyl (C=O) groups is 2. The average molecular weight is 306 g/mol. The minimum absolute atomic E-state index is 0.134. The predicted molar refractivity (Wildman–Crippen MR) is 74.5 cm³/mol. The molecule has 0 aromatic carbocycles. The van der Waals surface area contributed by atoms with Crippen molar-refractivity contribution in [3.05, 3.63) is 0 Å². The Morgan fingerprint density at radius 3 is 2.24 bits per heavy atom. The van der Waals surface area contributed by atoms with Gasteiger partial charge in [0.1, 0.15) is 11.9 Å². The Balaban J connectivity index is 2.38. The summed E-state index contributed by atoms with van der Waals surface area (Å²) in [6.07, 6.45) is -0.461. The Bertz CT molecular complexity index is 362. The monoisotopic (exact) mass is 306 g/mol. The number of ether oxygens (including phenoxy) is 1. The minimum atomic E-state index is -2.87. The molecular formula is C14H24F2N2O3. The molecular weight excluding hydrogens is 282 g/mol. The van der Waals surface area contributed by atoms with Gasteiger partial charge in [-0.15, -0.1) is 0 Å². The van der Waals surface area contributed by atoms with Gasteiger partial charge in [-0.3, -0.25) is 4.90 Å². The zero-order chi connectivity index (χ0) is 16.1. The van der Waals surface area contributed by atoms with Gasteiger partial charge in [-0.2, -0.15) is 0 Å². The van der Waals surface area contributed by atoms with Crippen molar-refractivity contribution < 1.29 is 23.1 Å². The molecule has 0 unspecified atom stereocenters. The van der Waals surface area contributed by atoms with E-state index in [4.69, 9.17) is 4.74 Å². The fraction of sp³-hybridized carbons (Fsp3) is 0.857. The van der Waals surface area contributed by atoms with E-state index in [0.29, 0.717) is 32.5 Å². The number of nitrogens with zero attached hydrogens (tertiary/aromatic N) is 2. The van der Waals surface area contributed by atoms with Crippen LogP contribution in [0.2, 0.25) is 0 Å². The molecule has 7 heteroatoms. The maximum Gasteiger partial charge on any atom is 0.410 e. The topological polar surface area (TPSA) is 49.9 Å². The molecule has 1 saturated heterocycles. The van der Waals surface area contributed by atoms with E-state index in [-0.39, 0.29) is 13.0 Å². The van der Waals surface area contributed by atoms with Crippen LogP contribution in [0, 0.1) is 0 Å². The smallest absolute Gasteiger partial charge is 0.410 e. The first-order chi connectivity index (χ1) is 9.63. The van der Waals surface area contributed by atoms with E-state index in [1.54, 1.807) is 25.7 Å². The molecule has 122 valence electrons. The summed E-state index contributed by atoms with van der Waals surface area (Å²) in [6, 6.07) is 0. The van der Waals surface area contributed by atoms with Crippen molar-refractivity contribution in [3.63, 3.8) is 0 Å². The maximum absolute atomic E-state index is 13.6. The third-order valence-corrected chi connectivity index (χ3v) is 3.11. The number of aldehydes is 1. The van der Waals surface area contributed by atoms with Crippen LogP contribution in [-0.4, -0.2) is 66.4 Å². The first-order valence-corrected chi connectivity index (χ1v) is 7.15. The molecule has 0 saturated carbocycles. The third kappa shape index (κ3) is 6.84. The number of rotatable bonds is 5. The quantitative estimate of drug-likeness (QED) is 0.730. The molecule has 1 heterocycles. The molecule has 1 rings (SSSR count). The van der Waals surface area contributed by atoms with Crippen LogP contribution in [0.25, 0.3) is 0 Å². The highest BCUT2D eigenvalue weighted by molar-refractivity contribution is 5.68. The van der Waals surface area contributed by atoms with Crippen LogP contribution in [0.5, 0.6) is 0 Å². The number of halogens is 2. The Morgan fingerprint density at radius 2 is 1.76 bits per heavy atom. The molecule has 0 radical (unpaired) electrons. The molecule has 21 heavy (non-hydrogen) atoms. The van der Waals surface area contributed by atoms with Crippen molar-refractivity contribution in [2.24, 2.45) is 0 Å². The number of hydrogen-bond donors (Lipinski definition) is 0. The minimum Gasteiger partial charge on any atom is -0.444 e. The predicted octanol–water partition coefficient (Wildman–Crippen LogP) is 2.15. The molecule has 0 N–H and O–H groups in total. The highest BCUT2D eigenvalue weighted by Crippen LogP contribution is 2.22. The lowest BCUT2D eigenvalue weighted by molar-refractivity contribution is -0.110. The van der Waals surface area contributed by atoms with E-state index < -0.39 is 24.0 Å². The van der Waals surface area contributed by atoms with Crippen LogP contribution in [0.4, 0.5) is 13.6 Å². The lowest BCUT2D eigenvalue weighted by Gasteiger charge is -2.36. The summed E-state index contributed by atoms with van der Waals surface area (Å²) < 4.78 is 32.4. The van der Waals surface area contributed by atoms with Crippen molar-refractivity contribution in [1.82, 2.24) is 9.80 Å². The maximum atomic E-state index is 13.6. The fourth-order valence-corrected chi connectivity index (χ4v) is 2.09. The average Bonchev–Trinajstić information content (AvgIpc) is 2.35. The molecule has 0 aliphatic carbocycles. The second-order valence-corrected chi connectivity index (χ2v) is 6.30. The van der Waals surface area contributed by atoms with Gasteiger partial charge in [0.05, 0.1) is 6.54 Å². The highest BCUT2D eigenvalue weighted by atomic mass is 19.3. The van der Waals surface area contributed by atoms with Gasteiger partial charge in [0, 0.05) is 39.0 Å². The number of hydrogen-bond acceptors (Lipinski definition) is 4. The summed E-state index contributed by atoms with van der Waals surface area (Å²) in [5.41, 5.74) is -0.559. The van der Waals surface area contributed by atoms with Gasteiger partial charge in [-0.25, -0.2) is 13.6 Å². The van der Waals surface area contributed by atoms with Crippen molar-refractivity contribution in [3.8, 4) is 0 Å². The Hall–Kier alpha value is -1.24. The van der Waals surface area contributed by atoms with Gasteiger partial charge in [0.25, 0.3) is 5.92 Å². The number of amides is 1. The van der Waals surface area contributed by atoms with Crippen LogP contribution >= 0.6 is 0 Å². The van der Waals surface area contributed by atoms with Crippen LogP contribution in [-0.2, 0) is 9.53 Å². The molecule has 1 aliphatic heterocycles. The van der Waals surface area contributed by atoms with E-state index in [1.807, 2.05) is 0 Å². The summed E-state index contributed by atoms with van der Waals surface area (Å²) in [5, 5.41) is 0. The van der Waals surface area contributed by atoms with Crippen LogP contribution in [0.1, 0.15) is 33.6 Å². The van der Waals surface area contributed by atoms with E-state index >= 15 is 0 Å². The lowest BCUT2D eigenvalue weighted by Crippen LogP contribution is -2.52. The van der Waals surface area contributed by atoms with E-state index in [9.17, 15) is 18.4 Å². The molecule has 5 nitrogen and oxygen atoms in total. The van der Waals surface area contributed by atoms with Gasteiger partial charge in [0.2, 0.25) is 0 Å². The molecule has 0 aromatic rings. The molecule has 0 spiro atoms. The summed E-state index contributed by atoms with van der Waals surface area (Å²) >= 11 is 0. The Kier molecular flexibility index (Phi) is 6.07. The SMILES string of the molecule is CC(C)(C)OC(=O)N1CCN(CC(F)(F)CCC=O)CC1. The Labute approximate surface area is 124 Å². The third-order valence-electron chi connectivity index (χ3n) is 3.11. The number of carbonyl (C=O) groups excluding carboxylic acids is 2.